The molecule has 0 atom stereocenters. The predicted octanol–water partition coefficient (Wildman–Crippen LogP) is 3.33. The second-order valence-corrected chi connectivity index (χ2v) is 4.89. The Morgan fingerprint density at radius 1 is 1.09 bits per heavy atom. The number of carbonyl (C=O) groups is 1. The van der Waals surface area contributed by atoms with Gasteiger partial charge in [0.25, 0.3) is 5.91 Å². The summed E-state index contributed by atoms with van der Waals surface area (Å²) in [4.78, 5) is 11.8. The summed E-state index contributed by atoms with van der Waals surface area (Å²) in [5, 5.41) is 2.62. The van der Waals surface area contributed by atoms with Crippen LogP contribution in [-0.4, -0.2) is 19.6 Å². The molecule has 0 aromatic heterocycles. The van der Waals surface area contributed by atoms with Crippen LogP contribution in [0.1, 0.15) is 28.4 Å². The van der Waals surface area contributed by atoms with Gasteiger partial charge in [-0.3, -0.25) is 4.79 Å². The van der Waals surface area contributed by atoms with Crippen LogP contribution in [0.5, 0.6) is 11.5 Å². The molecule has 0 aliphatic heterocycles. The van der Waals surface area contributed by atoms with E-state index in [9.17, 15) is 4.79 Å². The van der Waals surface area contributed by atoms with Crippen molar-refractivity contribution in [3.05, 3.63) is 59.2 Å². The molecular formula is C18H21NO3. The number of benzene rings is 2. The van der Waals surface area contributed by atoms with E-state index in [1.165, 1.54) is 0 Å². The number of hydrogen-bond acceptors (Lipinski definition) is 3. The van der Waals surface area contributed by atoms with Crippen molar-refractivity contribution < 1.29 is 14.3 Å². The molecule has 0 aliphatic rings. The standard InChI is InChI=1S/C18H21NO3/c1-4-21-17-10-9-14(18(20)19-3)11-15(17)12-22-16-8-6-5-7-13(16)2/h5-11H,4,12H2,1-3H3,(H,19,20). The average molecular weight is 299 g/mol. The van der Waals surface area contributed by atoms with Gasteiger partial charge in [0.05, 0.1) is 6.61 Å². The van der Waals surface area contributed by atoms with Gasteiger partial charge >= 0.3 is 0 Å². The summed E-state index contributed by atoms with van der Waals surface area (Å²) in [7, 11) is 1.61. The number of amides is 1. The van der Waals surface area contributed by atoms with Crippen molar-refractivity contribution in [3.8, 4) is 11.5 Å². The van der Waals surface area contributed by atoms with Crippen LogP contribution >= 0.6 is 0 Å². The Kier molecular flexibility index (Phi) is 5.42. The van der Waals surface area contributed by atoms with E-state index >= 15 is 0 Å². The van der Waals surface area contributed by atoms with E-state index in [1.54, 1.807) is 13.1 Å². The molecule has 0 radical (unpaired) electrons. The normalized spacial score (nSPS) is 10.1. The lowest BCUT2D eigenvalue weighted by atomic mass is 10.1. The fourth-order valence-corrected chi connectivity index (χ4v) is 2.15. The fraction of sp³-hybridized carbons (Fsp3) is 0.278. The van der Waals surface area contributed by atoms with E-state index in [0.717, 1.165) is 22.6 Å². The Labute approximate surface area is 131 Å². The van der Waals surface area contributed by atoms with Gasteiger partial charge in [0.15, 0.2) is 0 Å². The van der Waals surface area contributed by atoms with Gasteiger partial charge in [0, 0.05) is 18.2 Å². The van der Waals surface area contributed by atoms with Gasteiger partial charge in [-0.1, -0.05) is 18.2 Å². The Morgan fingerprint density at radius 3 is 2.55 bits per heavy atom. The average Bonchev–Trinajstić information content (AvgIpc) is 2.54. The highest BCUT2D eigenvalue weighted by Gasteiger charge is 2.10. The fourth-order valence-electron chi connectivity index (χ4n) is 2.15. The first-order chi connectivity index (χ1) is 10.7. The zero-order valence-electron chi connectivity index (χ0n) is 13.2. The minimum absolute atomic E-state index is 0.125. The van der Waals surface area contributed by atoms with Crippen LogP contribution in [-0.2, 0) is 6.61 Å². The number of aryl methyl sites for hydroxylation is 1. The molecule has 0 heterocycles. The molecule has 0 unspecified atom stereocenters. The molecule has 0 saturated carbocycles. The lowest BCUT2D eigenvalue weighted by Gasteiger charge is -2.14. The third-order valence-corrected chi connectivity index (χ3v) is 3.33. The summed E-state index contributed by atoms with van der Waals surface area (Å²) in [6.07, 6.45) is 0. The van der Waals surface area contributed by atoms with Crippen molar-refractivity contribution in [2.45, 2.75) is 20.5 Å². The first-order valence-electron chi connectivity index (χ1n) is 7.32. The van der Waals surface area contributed by atoms with Gasteiger partial charge in [0.2, 0.25) is 0 Å². The van der Waals surface area contributed by atoms with Gasteiger partial charge in [-0.2, -0.15) is 0 Å². The summed E-state index contributed by atoms with van der Waals surface area (Å²) in [6.45, 7) is 4.85. The topological polar surface area (TPSA) is 47.6 Å². The molecule has 2 aromatic carbocycles. The van der Waals surface area contributed by atoms with E-state index in [4.69, 9.17) is 9.47 Å². The van der Waals surface area contributed by atoms with Crippen molar-refractivity contribution >= 4 is 5.91 Å². The van der Waals surface area contributed by atoms with E-state index in [1.807, 2.05) is 50.2 Å². The highest BCUT2D eigenvalue weighted by Crippen LogP contribution is 2.24. The van der Waals surface area contributed by atoms with E-state index in [-0.39, 0.29) is 5.91 Å². The van der Waals surface area contributed by atoms with E-state index in [0.29, 0.717) is 18.8 Å². The SMILES string of the molecule is CCOc1ccc(C(=O)NC)cc1COc1ccccc1C. The molecule has 22 heavy (non-hydrogen) atoms. The number of ether oxygens (including phenoxy) is 2. The van der Waals surface area contributed by atoms with Gasteiger partial charge in [-0.15, -0.1) is 0 Å². The number of rotatable bonds is 6. The largest absolute Gasteiger partial charge is 0.493 e. The molecule has 4 nitrogen and oxygen atoms in total. The van der Waals surface area contributed by atoms with Crippen LogP contribution in [0.15, 0.2) is 42.5 Å². The molecule has 116 valence electrons. The zero-order chi connectivity index (χ0) is 15.9. The summed E-state index contributed by atoms with van der Waals surface area (Å²) in [5.41, 5.74) is 2.52. The van der Waals surface area contributed by atoms with Crippen LogP contribution in [0.3, 0.4) is 0 Å². The highest BCUT2D eigenvalue weighted by atomic mass is 16.5. The van der Waals surface area contributed by atoms with Crippen molar-refractivity contribution in [1.29, 1.82) is 0 Å². The second kappa shape index (κ2) is 7.50. The Morgan fingerprint density at radius 2 is 1.86 bits per heavy atom. The van der Waals surface area contributed by atoms with Crippen LogP contribution in [0.25, 0.3) is 0 Å². The predicted molar refractivity (Wildman–Crippen MR) is 86.5 cm³/mol. The van der Waals surface area contributed by atoms with Gasteiger partial charge in [-0.25, -0.2) is 0 Å². The molecule has 1 N–H and O–H groups in total. The van der Waals surface area contributed by atoms with Crippen molar-refractivity contribution in [3.63, 3.8) is 0 Å². The molecule has 2 aromatic rings. The summed E-state index contributed by atoms with van der Waals surface area (Å²) < 4.78 is 11.5. The first-order valence-corrected chi connectivity index (χ1v) is 7.32. The van der Waals surface area contributed by atoms with Crippen LogP contribution in [0.2, 0.25) is 0 Å². The molecule has 0 spiro atoms. The molecule has 0 saturated heterocycles. The zero-order valence-corrected chi connectivity index (χ0v) is 13.2. The third kappa shape index (κ3) is 3.79. The minimum Gasteiger partial charge on any atom is -0.493 e. The summed E-state index contributed by atoms with van der Waals surface area (Å²) >= 11 is 0. The smallest absolute Gasteiger partial charge is 0.251 e. The van der Waals surface area contributed by atoms with Crippen molar-refractivity contribution in [1.82, 2.24) is 5.32 Å². The molecule has 0 fully saturated rings. The van der Waals surface area contributed by atoms with Gasteiger partial charge in [-0.05, 0) is 43.7 Å². The maximum Gasteiger partial charge on any atom is 0.251 e. The van der Waals surface area contributed by atoms with Crippen molar-refractivity contribution in [2.75, 3.05) is 13.7 Å². The van der Waals surface area contributed by atoms with Gasteiger partial charge < -0.3 is 14.8 Å². The van der Waals surface area contributed by atoms with Gasteiger partial charge in [0.1, 0.15) is 18.1 Å². The highest BCUT2D eigenvalue weighted by molar-refractivity contribution is 5.94. The molecule has 0 aliphatic carbocycles. The minimum atomic E-state index is -0.125. The van der Waals surface area contributed by atoms with Crippen LogP contribution in [0, 0.1) is 6.92 Å². The monoisotopic (exact) mass is 299 g/mol. The number of hydrogen-bond donors (Lipinski definition) is 1. The maximum atomic E-state index is 11.8. The molecule has 0 bridgehead atoms. The van der Waals surface area contributed by atoms with E-state index < -0.39 is 0 Å². The number of carbonyl (C=O) groups excluding carboxylic acids is 1. The van der Waals surface area contributed by atoms with Crippen molar-refractivity contribution in [2.24, 2.45) is 0 Å². The second-order valence-electron chi connectivity index (χ2n) is 4.89. The Hall–Kier alpha value is -2.49. The van der Waals surface area contributed by atoms with Crippen LogP contribution in [0.4, 0.5) is 0 Å². The van der Waals surface area contributed by atoms with E-state index in [2.05, 4.69) is 5.32 Å². The number of nitrogens with one attached hydrogen (secondary N) is 1. The number of para-hydroxylation sites is 1. The Bertz CT molecular complexity index is 653. The summed E-state index contributed by atoms with van der Waals surface area (Å²) in [6, 6.07) is 13.2. The molecular weight excluding hydrogens is 278 g/mol. The van der Waals surface area contributed by atoms with Crippen LogP contribution < -0.4 is 14.8 Å². The molecule has 2 rings (SSSR count). The maximum absolute atomic E-state index is 11.8. The first kappa shape index (κ1) is 15.9. The lowest BCUT2D eigenvalue weighted by molar-refractivity contribution is 0.0963. The Balaban J connectivity index is 2.23. The lowest BCUT2D eigenvalue weighted by Crippen LogP contribution is -2.18. The quantitative estimate of drug-likeness (QED) is 0.890. The molecule has 1 amide bonds. The summed E-state index contributed by atoms with van der Waals surface area (Å²) in [5.74, 6) is 1.44. The third-order valence-electron chi connectivity index (χ3n) is 3.33. The molecule has 4 heteroatoms.